The van der Waals surface area contributed by atoms with Gasteiger partial charge in [-0.15, -0.1) is 0 Å². The van der Waals surface area contributed by atoms with Crippen molar-refractivity contribution in [3.63, 3.8) is 0 Å². The average Bonchev–Trinajstić information content (AvgIpc) is 3.22. The third-order valence-corrected chi connectivity index (χ3v) is 4.97. The zero-order valence-corrected chi connectivity index (χ0v) is 12.8. The van der Waals surface area contributed by atoms with Crippen LogP contribution >= 0.6 is 15.9 Å². The summed E-state index contributed by atoms with van der Waals surface area (Å²) in [6, 6.07) is 6.12. The SMILES string of the molecule is CCC1CNC(C2CC2)CN1c1ccc(F)cc1Br. The van der Waals surface area contributed by atoms with Gasteiger partial charge in [0.25, 0.3) is 0 Å². The van der Waals surface area contributed by atoms with Crippen molar-refractivity contribution in [3.8, 4) is 0 Å². The van der Waals surface area contributed by atoms with E-state index >= 15 is 0 Å². The second-order valence-corrected chi connectivity index (χ2v) is 6.52. The summed E-state index contributed by atoms with van der Waals surface area (Å²) >= 11 is 3.51. The van der Waals surface area contributed by atoms with Gasteiger partial charge in [-0.25, -0.2) is 4.39 Å². The molecule has 1 aromatic carbocycles. The van der Waals surface area contributed by atoms with Gasteiger partial charge in [-0.2, -0.15) is 0 Å². The zero-order valence-electron chi connectivity index (χ0n) is 11.2. The molecular formula is C15H20BrFN2. The lowest BCUT2D eigenvalue weighted by Crippen LogP contribution is -2.57. The molecule has 1 aliphatic heterocycles. The molecule has 1 aromatic rings. The molecule has 1 aliphatic carbocycles. The van der Waals surface area contributed by atoms with E-state index in [2.05, 4.69) is 33.1 Å². The van der Waals surface area contributed by atoms with Crippen LogP contribution in [0.5, 0.6) is 0 Å². The maximum absolute atomic E-state index is 13.2. The molecule has 2 atom stereocenters. The normalized spacial score (nSPS) is 27.6. The second kappa shape index (κ2) is 5.41. The van der Waals surface area contributed by atoms with Crippen molar-refractivity contribution in [3.05, 3.63) is 28.5 Å². The molecule has 0 radical (unpaired) electrons. The van der Waals surface area contributed by atoms with E-state index in [0.29, 0.717) is 12.1 Å². The quantitative estimate of drug-likeness (QED) is 0.913. The van der Waals surface area contributed by atoms with E-state index in [9.17, 15) is 4.39 Å². The van der Waals surface area contributed by atoms with Crippen LogP contribution < -0.4 is 10.2 Å². The van der Waals surface area contributed by atoms with Gasteiger partial charge in [0.1, 0.15) is 5.82 Å². The Hall–Kier alpha value is -0.610. The average molecular weight is 327 g/mol. The van der Waals surface area contributed by atoms with Crippen LogP contribution in [0, 0.1) is 11.7 Å². The van der Waals surface area contributed by atoms with Gasteiger partial charge in [-0.1, -0.05) is 6.92 Å². The van der Waals surface area contributed by atoms with Crippen molar-refractivity contribution in [2.45, 2.75) is 38.3 Å². The molecule has 19 heavy (non-hydrogen) atoms. The Bertz CT molecular complexity index is 461. The number of hydrogen-bond acceptors (Lipinski definition) is 2. The summed E-state index contributed by atoms with van der Waals surface area (Å²) in [5.74, 6) is 0.664. The number of benzene rings is 1. The number of hydrogen-bond donors (Lipinski definition) is 1. The van der Waals surface area contributed by atoms with Crippen molar-refractivity contribution < 1.29 is 4.39 Å². The summed E-state index contributed by atoms with van der Waals surface area (Å²) < 4.78 is 14.1. The van der Waals surface area contributed by atoms with Crippen LogP contribution in [0.4, 0.5) is 10.1 Å². The van der Waals surface area contributed by atoms with Crippen LogP contribution in [0.1, 0.15) is 26.2 Å². The minimum Gasteiger partial charge on any atom is -0.365 e. The molecule has 0 amide bonds. The highest BCUT2D eigenvalue weighted by Gasteiger charge is 2.37. The number of halogens is 2. The first-order chi connectivity index (χ1) is 9.19. The van der Waals surface area contributed by atoms with Crippen LogP contribution in [0.15, 0.2) is 22.7 Å². The molecule has 104 valence electrons. The number of anilines is 1. The van der Waals surface area contributed by atoms with E-state index in [4.69, 9.17) is 0 Å². The highest BCUT2D eigenvalue weighted by Crippen LogP contribution is 2.37. The lowest BCUT2D eigenvalue weighted by Gasteiger charge is -2.42. The third-order valence-electron chi connectivity index (χ3n) is 4.33. The smallest absolute Gasteiger partial charge is 0.124 e. The Morgan fingerprint density at radius 3 is 2.84 bits per heavy atom. The fourth-order valence-corrected chi connectivity index (χ4v) is 3.59. The van der Waals surface area contributed by atoms with Gasteiger partial charge in [-0.05, 0) is 59.3 Å². The van der Waals surface area contributed by atoms with E-state index < -0.39 is 0 Å². The molecular weight excluding hydrogens is 307 g/mol. The molecule has 1 heterocycles. The van der Waals surface area contributed by atoms with Gasteiger partial charge in [0.2, 0.25) is 0 Å². The van der Waals surface area contributed by atoms with Gasteiger partial charge in [0.05, 0.1) is 5.69 Å². The Morgan fingerprint density at radius 1 is 1.42 bits per heavy atom. The van der Waals surface area contributed by atoms with E-state index in [1.165, 1.54) is 12.8 Å². The first-order valence-corrected chi connectivity index (χ1v) is 7.93. The van der Waals surface area contributed by atoms with E-state index in [0.717, 1.165) is 35.6 Å². The van der Waals surface area contributed by atoms with Gasteiger partial charge in [0.15, 0.2) is 0 Å². The fourth-order valence-electron chi connectivity index (χ4n) is 3.01. The first kappa shape index (κ1) is 13.4. The van der Waals surface area contributed by atoms with Crippen molar-refractivity contribution in [2.24, 2.45) is 5.92 Å². The Kier molecular flexibility index (Phi) is 3.81. The van der Waals surface area contributed by atoms with Crippen molar-refractivity contribution in [2.75, 3.05) is 18.0 Å². The topological polar surface area (TPSA) is 15.3 Å². The Morgan fingerprint density at radius 2 is 2.21 bits per heavy atom. The minimum atomic E-state index is -0.183. The van der Waals surface area contributed by atoms with Crippen LogP contribution in [0.3, 0.4) is 0 Å². The molecule has 3 rings (SSSR count). The zero-order chi connectivity index (χ0) is 13.4. The lowest BCUT2D eigenvalue weighted by atomic mass is 10.0. The van der Waals surface area contributed by atoms with Crippen molar-refractivity contribution >= 4 is 21.6 Å². The highest BCUT2D eigenvalue weighted by molar-refractivity contribution is 9.10. The maximum atomic E-state index is 13.2. The third kappa shape index (κ3) is 2.79. The number of nitrogens with one attached hydrogen (secondary N) is 1. The Balaban J connectivity index is 1.85. The van der Waals surface area contributed by atoms with E-state index in [-0.39, 0.29) is 5.82 Å². The van der Waals surface area contributed by atoms with Crippen LogP contribution in [0.2, 0.25) is 0 Å². The van der Waals surface area contributed by atoms with Gasteiger partial charge in [0, 0.05) is 29.6 Å². The van der Waals surface area contributed by atoms with E-state index in [1.54, 1.807) is 12.1 Å². The maximum Gasteiger partial charge on any atom is 0.124 e. The van der Waals surface area contributed by atoms with Crippen LogP contribution in [-0.2, 0) is 0 Å². The van der Waals surface area contributed by atoms with Crippen LogP contribution in [0.25, 0.3) is 0 Å². The molecule has 1 N–H and O–H groups in total. The van der Waals surface area contributed by atoms with Crippen molar-refractivity contribution in [1.82, 2.24) is 5.32 Å². The second-order valence-electron chi connectivity index (χ2n) is 5.66. The molecule has 4 heteroatoms. The number of rotatable bonds is 3. The summed E-state index contributed by atoms with van der Waals surface area (Å²) in [6.07, 6.45) is 3.81. The predicted octanol–water partition coefficient (Wildman–Crippen LogP) is 3.56. The summed E-state index contributed by atoms with van der Waals surface area (Å²) in [6.45, 7) is 4.28. The van der Waals surface area contributed by atoms with Gasteiger partial charge >= 0.3 is 0 Å². The monoisotopic (exact) mass is 326 g/mol. The minimum absolute atomic E-state index is 0.183. The highest BCUT2D eigenvalue weighted by atomic mass is 79.9. The molecule has 2 fully saturated rings. The first-order valence-electron chi connectivity index (χ1n) is 7.14. The fraction of sp³-hybridized carbons (Fsp3) is 0.600. The summed E-state index contributed by atoms with van der Waals surface area (Å²) in [7, 11) is 0. The summed E-state index contributed by atoms with van der Waals surface area (Å²) in [5.41, 5.74) is 1.13. The van der Waals surface area contributed by atoms with Crippen molar-refractivity contribution in [1.29, 1.82) is 0 Å². The predicted molar refractivity (Wildman–Crippen MR) is 80.0 cm³/mol. The molecule has 1 saturated carbocycles. The molecule has 0 bridgehead atoms. The van der Waals surface area contributed by atoms with E-state index in [1.807, 2.05) is 6.07 Å². The van der Waals surface area contributed by atoms with Crippen LogP contribution in [-0.4, -0.2) is 25.2 Å². The molecule has 0 aromatic heterocycles. The standard InChI is InChI=1S/C15H20BrFN2/c1-2-12-8-18-14(10-3-4-10)9-19(12)15-6-5-11(17)7-13(15)16/h5-7,10,12,14,18H,2-4,8-9H2,1H3. The number of piperazine rings is 1. The largest absolute Gasteiger partial charge is 0.365 e. The lowest BCUT2D eigenvalue weighted by molar-refractivity contribution is 0.359. The molecule has 1 saturated heterocycles. The number of nitrogens with zero attached hydrogens (tertiary/aromatic N) is 1. The molecule has 2 unspecified atom stereocenters. The molecule has 0 spiro atoms. The van der Waals surface area contributed by atoms with Gasteiger partial charge < -0.3 is 10.2 Å². The summed E-state index contributed by atoms with van der Waals surface area (Å²) in [4.78, 5) is 2.45. The van der Waals surface area contributed by atoms with Gasteiger partial charge in [-0.3, -0.25) is 0 Å². The molecule has 2 nitrogen and oxygen atoms in total. The Labute approximate surface area is 122 Å². The summed E-state index contributed by atoms with van der Waals surface area (Å²) in [5, 5.41) is 3.68. The molecule has 2 aliphatic rings.